The van der Waals surface area contributed by atoms with Crippen LogP contribution in [0, 0.1) is 6.92 Å². The summed E-state index contributed by atoms with van der Waals surface area (Å²) in [4.78, 5) is 32.5. The second-order valence-corrected chi connectivity index (χ2v) is 11.9. The minimum atomic E-state index is -0.638. The van der Waals surface area contributed by atoms with Crippen LogP contribution < -0.4 is 14.9 Å². The molecule has 3 heterocycles. The van der Waals surface area contributed by atoms with E-state index in [0.29, 0.717) is 43.6 Å². The van der Waals surface area contributed by atoms with Gasteiger partial charge in [-0.05, 0) is 48.7 Å². The van der Waals surface area contributed by atoms with Crippen molar-refractivity contribution < 1.29 is 9.53 Å². The van der Waals surface area contributed by atoms with E-state index in [1.807, 2.05) is 74.5 Å². The number of benzene rings is 3. The van der Waals surface area contributed by atoms with Crippen LogP contribution in [0.15, 0.2) is 93.9 Å². The third kappa shape index (κ3) is 4.81. The van der Waals surface area contributed by atoms with E-state index in [2.05, 4.69) is 16.7 Å². The standard InChI is InChI=1S/C33H27Cl2N3O3S/c1-4-26-29(32(40)41-3)30(20-10-6-5-7-11-20)38-31(39)28(42-33(38)36-26)17-24-19(2)37(27-13-9-8-12-23(24)27)18-21-14-15-22(34)16-25(21)35/h5-17,30H,4,18H2,1-3H3/b28-17+/t30-/m1/s1. The van der Waals surface area contributed by atoms with Crippen LogP contribution >= 0.6 is 34.5 Å². The smallest absolute Gasteiger partial charge is 0.338 e. The van der Waals surface area contributed by atoms with Gasteiger partial charge in [-0.3, -0.25) is 9.36 Å². The number of para-hydroxylation sites is 1. The Morgan fingerprint density at radius 2 is 1.81 bits per heavy atom. The topological polar surface area (TPSA) is 65.6 Å². The highest BCUT2D eigenvalue weighted by molar-refractivity contribution is 7.07. The quantitative estimate of drug-likeness (QED) is 0.207. The summed E-state index contributed by atoms with van der Waals surface area (Å²) in [6, 6.07) is 22.5. The van der Waals surface area contributed by atoms with E-state index in [0.717, 1.165) is 33.3 Å². The van der Waals surface area contributed by atoms with Crippen LogP contribution in [0.4, 0.5) is 0 Å². The first kappa shape index (κ1) is 28.2. The van der Waals surface area contributed by atoms with Crippen molar-refractivity contribution in [1.29, 1.82) is 0 Å². The lowest BCUT2D eigenvalue weighted by Crippen LogP contribution is -2.40. The zero-order chi connectivity index (χ0) is 29.5. The molecule has 2 aromatic heterocycles. The molecular formula is C33H27Cl2N3O3S. The number of carbonyl (C=O) groups excluding carboxylic acids is 1. The summed E-state index contributed by atoms with van der Waals surface area (Å²) >= 11 is 14.0. The lowest BCUT2D eigenvalue weighted by Gasteiger charge is -2.25. The largest absolute Gasteiger partial charge is 0.466 e. The molecule has 0 saturated heterocycles. The van der Waals surface area contributed by atoms with Crippen molar-refractivity contribution in [3.8, 4) is 0 Å². The molecule has 0 spiro atoms. The van der Waals surface area contributed by atoms with Crippen LogP contribution in [-0.2, 0) is 16.1 Å². The Labute approximate surface area is 256 Å². The minimum absolute atomic E-state index is 0.207. The van der Waals surface area contributed by atoms with Gasteiger partial charge in [-0.2, -0.15) is 0 Å². The number of methoxy groups -OCH3 is 1. The molecule has 9 heteroatoms. The summed E-state index contributed by atoms with van der Waals surface area (Å²) in [5.74, 6) is -0.487. The third-order valence-electron chi connectivity index (χ3n) is 7.66. The average Bonchev–Trinajstić information content (AvgIpc) is 3.46. The molecule has 0 unspecified atom stereocenters. The van der Waals surface area contributed by atoms with E-state index in [1.165, 1.54) is 18.4 Å². The Balaban J connectivity index is 1.56. The Morgan fingerprint density at radius 3 is 2.52 bits per heavy atom. The summed E-state index contributed by atoms with van der Waals surface area (Å²) in [5.41, 5.74) is 5.54. The zero-order valence-corrected chi connectivity index (χ0v) is 25.6. The normalized spacial score (nSPS) is 15.2. The van der Waals surface area contributed by atoms with Gasteiger partial charge in [-0.25, -0.2) is 9.79 Å². The average molecular weight is 617 g/mol. The van der Waals surface area contributed by atoms with Crippen molar-refractivity contribution in [2.45, 2.75) is 32.9 Å². The molecule has 6 rings (SSSR count). The maximum Gasteiger partial charge on any atom is 0.338 e. The molecule has 0 radical (unpaired) electrons. The van der Waals surface area contributed by atoms with Crippen LogP contribution in [0.25, 0.3) is 17.0 Å². The Hall–Kier alpha value is -3.91. The molecule has 1 aliphatic heterocycles. The number of aromatic nitrogens is 2. The minimum Gasteiger partial charge on any atom is -0.466 e. The van der Waals surface area contributed by atoms with E-state index in [9.17, 15) is 9.59 Å². The fourth-order valence-corrected chi connectivity index (χ4v) is 7.08. The van der Waals surface area contributed by atoms with Crippen molar-refractivity contribution in [2.75, 3.05) is 7.11 Å². The molecule has 212 valence electrons. The van der Waals surface area contributed by atoms with E-state index in [-0.39, 0.29) is 5.56 Å². The van der Waals surface area contributed by atoms with Crippen LogP contribution in [-0.4, -0.2) is 22.2 Å². The maximum atomic E-state index is 14.1. The Bertz CT molecular complexity index is 2070. The highest BCUT2D eigenvalue weighted by atomic mass is 35.5. The number of carbonyl (C=O) groups is 1. The molecule has 42 heavy (non-hydrogen) atoms. The van der Waals surface area contributed by atoms with Gasteiger partial charge < -0.3 is 9.30 Å². The lowest BCUT2D eigenvalue weighted by molar-refractivity contribution is -0.136. The number of esters is 1. The zero-order valence-electron chi connectivity index (χ0n) is 23.2. The number of hydrogen-bond acceptors (Lipinski definition) is 5. The number of nitrogens with zero attached hydrogens (tertiary/aromatic N) is 3. The number of allylic oxidation sites excluding steroid dienone is 1. The first-order valence-corrected chi connectivity index (χ1v) is 15.1. The van der Waals surface area contributed by atoms with Gasteiger partial charge in [0, 0.05) is 38.8 Å². The summed E-state index contributed by atoms with van der Waals surface area (Å²) in [7, 11) is 1.35. The van der Waals surface area contributed by atoms with Crippen molar-refractivity contribution in [3.63, 3.8) is 0 Å². The van der Waals surface area contributed by atoms with Gasteiger partial charge in [0.15, 0.2) is 4.80 Å². The second-order valence-electron chi connectivity index (χ2n) is 10.0. The molecule has 5 aromatic rings. The number of halogens is 2. The van der Waals surface area contributed by atoms with Crippen LogP contribution in [0.2, 0.25) is 10.0 Å². The second kappa shape index (κ2) is 11.4. The molecule has 0 bridgehead atoms. The van der Waals surface area contributed by atoms with E-state index >= 15 is 0 Å². The van der Waals surface area contributed by atoms with Crippen molar-refractivity contribution in [3.05, 3.63) is 136 Å². The van der Waals surface area contributed by atoms with Gasteiger partial charge in [-0.15, -0.1) is 0 Å². The first-order chi connectivity index (χ1) is 20.3. The third-order valence-corrected chi connectivity index (χ3v) is 9.23. The summed E-state index contributed by atoms with van der Waals surface area (Å²) in [6.07, 6.45) is 2.47. The monoisotopic (exact) mass is 615 g/mol. The fourth-order valence-electron chi connectivity index (χ4n) is 5.61. The number of rotatable bonds is 6. The van der Waals surface area contributed by atoms with Gasteiger partial charge in [-0.1, -0.05) is 96.1 Å². The molecular weight excluding hydrogens is 589 g/mol. The summed E-state index contributed by atoms with van der Waals surface area (Å²) < 4.78 is 9.52. The summed E-state index contributed by atoms with van der Waals surface area (Å²) in [5, 5.41) is 2.21. The van der Waals surface area contributed by atoms with Gasteiger partial charge in [0.2, 0.25) is 0 Å². The summed E-state index contributed by atoms with van der Waals surface area (Å²) in [6.45, 7) is 4.54. The predicted molar refractivity (Wildman–Crippen MR) is 169 cm³/mol. The SMILES string of the molecule is CCC1=C(C(=O)OC)[C@@H](c2ccccc2)n2c(s/c(=C/c3c(C)n(Cc4ccc(Cl)cc4Cl)c4ccccc34)c2=O)=N1. The number of thiazole rings is 1. The molecule has 0 fully saturated rings. The van der Waals surface area contributed by atoms with E-state index in [4.69, 9.17) is 32.9 Å². The van der Waals surface area contributed by atoms with Gasteiger partial charge >= 0.3 is 5.97 Å². The molecule has 0 amide bonds. The predicted octanol–water partition coefficient (Wildman–Crippen LogP) is 6.42. The van der Waals surface area contributed by atoms with E-state index in [1.54, 1.807) is 10.6 Å². The Kier molecular flexibility index (Phi) is 7.66. The lowest BCUT2D eigenvalue weighted by atomic mass is 9.95. The van der Waals surface area contributed by atoms with Crippen LogP contribution in [0.5, 0.6) is 0 Å². The molecule has 0 N–H and O–H groups in total. The highest BCUT2D eigenvalue weighted by Crippen LogP contribution is 2.32. The van der Waals surface area contributed by atoms with Crippen LogP contribution in [0.1, 0.15) is 41.8 Å². The van der Waals surface area contributed by atoms with Crippen molar-refractivity contribution in [2.24, 2.45) is 4.99 Å². The van der Waals surface area contributed by atoms with Crippen LogP contribution in [0.3, 0.4) is 0 Å². The number of hydrogen-bond donors (Lipinski definition) is 0. The van der Waals surface area contributed by atoms with Crippen molar-refractivity contribution in [1.82, 2.24) is 9.13 Å². The molecule has 0 saturated carbocycles. The van der Waals surface area contributed by atoms with Gasteiger partial charge in [0.1, 0.15) is 0 Å². The number of ether oxygens (including phenoxy) is 1. The van der Waals surface area contributed by atoms with Gasteiger partial charge in [0.25, 0.3) is 5.56 Å². The highest BCUT2D eigenvalue weighted by Gasteiger charge is 2.33. The van der Waals surface area contributed by atoms with Crippen molar-refractivity contribution >= 4 is 57.5 Å². The molecule has 0 aliphatic carbocycles. The molecule has 1 atom stereocenters. The molecule has 1 aliphatic rings. The van der Waals surface area contributed by atoms with Gasteiger partial charge in [0.05, 0.1) is 29.0 Å². The van der Waals surface area contributed by atoms with E-state index < -0.39 is 12.0 Å². The Morgan fingerprint density at radius 1 is 1.07 bits per heavy atom. The maximum absolute atomic E-state index is 14.1. The molecule has 3 aromatic carbocycles. The fraction of sp³-hybridized carbons (Fsp3) is 0.182. The first-order valence-electron chi connectivity index (χ1n) is 13.5. The number of fused-ring (bicyclic) bond motifs is 2. The molecule has 6 nitrogen and oxygen atoms in total.